The maximum atomic E-state index is 6.10. The summed E-state index contributed by atoms with van der Waals surface area (Å²) in [7, 11) is 4.08. The van der Waals surface area contributed by atoms with Crippen molar-refractivity contribution in [2.24, 2.45) is 4.99 Å². The molecule has 2 atom stereocenters. The molecule has 29 heavy (non-hydrogen) atoms. The Hall–Kier alpha value is -0.900. The highest BCUT2D eigenvalue weighted by Crippen LogP contribution is 2.25. The van der Waals surface area contributed by atoms with E-state index in [1.807, 2.05) is 7.05 Å². The van der Waals surface area contributed by atoms with Crippen LogP contribution in [0, 0.1) is 13.8 Å². The van der Waals surface area contributed by atoms with E-state index in [2.05, 4.69) is 71.0 Å². The van der Waals surface area contributed by atoms with E-state index in [0.717, 1.165) is 58.4 Å². The minimum Gasteiger partial charge on any atom is -0.370 e. The summed E-state index contributed by atoms with van der Waals surface area (Å²) >= 11 is 0. The normalized spacial score (nSPS) is 22.9. The zero-order valence-electron chi connectivity index (χ0n) is 18.6. The number of nitrogens with one attached hydrogen (secondary N) is 1. The number of hydrogen-bond donors (Lipinski definition) is 1. The van der Waals surface area contributed by atoms with Crippen molar-refractivity contribution in [1.82, 2.24) is 20.0 Å². The molecule has 3 rings (SSSR count). The molecule has 1 aromatic rings. The Kier molecular flexibility index (Phi) is 9.65. The van der Waals surface area contributed by atoms with Crippen LogP contribution >= 0.6 is 24.0 Å². The first kappa shape index (κ1) is 24.4. The number of halogens is 1. The molecule has 0 aliphatic carbocycles. The Morgan fingerprint density at radius 3 is 2.59 bits per heavy atom. The summed E-state index contributed by atoms with van der Waals surface area (Å²) in [4.78, 5) is 11.9. The summed E-state index contributed by atoms with van der Waals surface area (Å²) in [6, 6.07) is 7.13. The molecule has 0 saturated carbocycles. The van der Waals surface area contributed by atoms with Gasteiger partial charge in [-0.25, -0.2) is 0 Å². The van der Waals surface area contributed by atoms with Gasteiger partial charge in [-0.15, -0.1) is 24.0 Å². The highest BCUT2D eigenvalue weighted by Gasteiger charge is 2.26. The Labute approximate surface area is 193 Å². The number of hydrogen-bond acceptors (Lipinski definition) is 4. The molecule has 2 unspecified atom stereocenters. The molecule has 2 aliphatic rings. The SMILES string of the molecule is CN=C(NCC(C)N1CCN(C)CC1)N1CCOC(c2ccc(C)cc2C)C1.I. The van der Waals surface area contributed by atoms with E-state index in [0.29, 0.717) is 6.04 Å². The van der Waals surface area contributed by atoms with Crippen LogP contribution in [0.2, 0.25) is 0 Å². The van der Waals surface area contributed by atoms with Gasteiger partial charge in [0.05, 0.1) is 13.2 Å². The lowest BCUT2D eigenvalue weighted by Gasteiger charge is -2.38. The first-order valence-electron chi connectivity index (χ1n) is 10.5. The standard InChI is InChI=1S/C22H37N5O.HI/c1-17-6-7-20(18(2)14-17)21-16-27(12-13-28-21)22(23-4)24-15-19(3)26-10-8-25(5)9-11-26;/h6-7,14,19,21H,8-13,15-16H2,1-5H3,(H,23,24);1H. The second kappa shape index (κ2) is 11.5. The van der Waals surface area contributed by atoms with Crippen LogP contribution in [0.3, 0.4) is 0 Å². The van der Waals surface area contributed by atoms with E-state index in [4.69, 9.17) is 4.74 Å². The topological polar surface area (TPSA) is 43.3 Å². The van der Waals surface area contributed by atoms with Gasteiger partial charge >= 0.3 is 0 Å². The van der Waals surface area contributed by atoms with Crippen LogP contribution in [0.4, 0.5) is 0 Å². The van der Waals surface area contributed by atoms with Gasteiger partial charge in [0.2, 0.25) is 0 Å². The molecular weight excluding hydrogens is 477 g/mol. The van der Waals surface area contributed by atoms with E-state index in [1.54, 1.807) is 0 Å². The van der Waals surface area contributed by atoms with Crippen molar-refractivity contribution in [3.05, 3.63) is 34.9 Å². The monoisotopic (exact) mass is 515 g/mol. The number of ether oxygens (including phenoxy) is 1. The molecule has 0 amide bonds. The number of morpholine rings is 1. The molecule has 0 spiro atoms. The van der Waals surface area contributed by atoms with Gasteiger partial charge < -0.3 is 19.9 Å². The van der Waals surface area contributed by atoms with Gasteiger partial charge in [-0.2, -0.15) is 0 Å². The molecule has 7 heteroatoms. The summed E-state index contributed by atoms with van der Waals surface area (Å²) in [5.74, 6) is 0.985. The zero-order valence-corrected chi connectivity index (χ0v) is 21.0. The number of likely N-dealkylation sites (N-methyl/N-ethyl adjacent to an activating group) is 1. The second-order valence-electron chi connectivity index (χ2n) is 8.28. The molecular formula is C22H38IN5O. The van der Waals surface area contributed by atoms with Gasteiger partial charge in [-0.05, 0) is 38.9 Å². The van der Waals surface area contributed by atoms with Gasteiger partial charge in [0.1, 0.15) is 6.10 Å². The molecule has 0 aromatic heterocycles. The number of nitrogens with zero attached hydrogens (tertiary/aromatic N) is 4. The third kappa shape index (κ3) is 6.54. The summed E-state index contributed by atoms with van der Waals surface area (Å²) in [5, 5.41) is 3.61. The maximum absolute atomic E-state index is 6.10. The minimum absolute atomic E-state index is 0. The van der Waals surface area contributed by atoms with E-state index in [1.165, 1.54) is 16.7 Å². The van der Waals surface area contributed by atoms with Gasteiger partial charge in [0.25, 0.3) is 0 Å². The average molecular weight is 515 g/mol. The van der Waals surface area contributed by atoms with Gasteiger partial charge in [0, 0.05) is 52.4 Å². The summed E-state index contributed by atoms with van der Waals surface area (Å²) in [6.45, 7) is 14.6. The number of benzene rings is 1. The lowest BCUT2D eigenvalue weighted by molar-refractivity contribution is -0.00845. The van der Waals surface area contributed by atoms with Crippen LogP contribution in [-0.4, -0.2) is 93.2 Å². The molecule has 164 valence electrons. The Morgan fingerprint density at radius 2 is 1.93 bits per heavy atom. The highest BCUT2D eigenvalue weighted by molar-refractivity contribution is 14.0. The fraction of sp³-hybridized carbons (Fsp3) is 0.682. The number of rotatable bonds is 4. The number of aryl methyl sites for hydroxylation is 2. The van der Waals surface area contributed by atoms with E-state index < -0.39 is 0 Å². The van der Waals surface area contributed by atoms with Crippen molar-refractivity contribution < 1.29 is 4.74 Å². The van der Waals surface area contributed by atoms with Crippen molar-refractivity contribution in [3.63, 3.8) is 0 Å². The first-order chi connectivity index (χ1) is 13.5. The Balaban J connectivity index is 0.00000300. The fourth-order valence-corrected chi connectivity index (χ4v) is 4.18. The minimum atomic E-state index is 0. The molecule has 6 nitrogen and oxygen atoms in total. The first-order valence-corrected chi connectivity index (χ1v) is 10.5. The molecule has 1 aromatic carbocycles. The Bertz CT molecular complexity index is 675. The lowest BCUT2D eigenvalue weighted by Crippen LogP contribution is -2.54. The molecule has 0 bridgehead atoms. The number of guanidine groups is 1. The lowest BCUT2D eigenvalue weighted by atomic mass is 10.00. The van der Waals surface area contributed by atoms with Crippen molar-refractivity contribution in [2.75, 3.05) is 66.5 Å². The third-order valence-electron chi connectivity index (χ3n) is 6.07. The molecule has 2 heterocycles. The van der Waals surface area contributed by atoms with E-state index >= 15 is 0 Å². The van der Waals surface area contributed by atoms with Crippen LogP contribution < -0.4 is 5.32 Å². The van der Waals surface area contributed by atoms with Crippen LogP contribution in [-0.2, 0) is 4.74 Å². The fourth-order valence-electron chi connectivity index (χ4n) is 4.18. The van der Waals surface area contributed by atoms with Gasteiger partial charge in [-0.3, -0.25) is 9.89 Å². The van der Waals surface area contributed by atoms with Crippen LogP contribution in [0.1, 0.15) is 29.7 Å². The zero-order chi connectivity index (χ0) is 20.1. The molecule has 1 N–H and O–H groups in total. The predicted molar refractivity (Wildman–Crippen MR) is 131 cm³/mol. The van der Waals surface area contributed by atoms with Gasteiger partial charge in [0.15, 0.2) is 5.96 Å². The van der Waals surface area contributed by atoms with Crippen molar-refractivity contribution in [3.8, 4) is 0 Å². The number of piperazine rings is 1. The Morgan fingerprint density at radius 1 is 1.21 bits per heavy atom. The second-order valence-corrected chi connectivity index (χ2v) is 8.28. The summed E-state index contributed by atoms with van der Waals surface area (Å²) in [5.41, 5.74) is 3.89. The largest absolute Gasteiger partial charge is 0.370 e. The van der Waals surface area contributed by atoms with Crippen molar-refractivity contribution >= 4 is 29.9 Å². The maximum Gasteiger partial charge on any atom is 0.193 e. The quantitative estimate of drug-likeness (QED) is 0.380. The van der Waals surface area contributed by atoms with E-state index in [9.17, 15) is 0 Å². The predicted octanol–water partition coefficient (Wildman–Crippen LogP) is 2.51. The van der Waals surface area contributed by atoms with Crippen molar-refractivity contribution in [1.29, 1.82) is 0 Å². The van der Waals surface area contributed by atoms with Crippen LogP contribution in [0.25, 0.3) is 0 Å². The van der Waals surface area contributed by atoms with Crippen LogP contribution in [0.15, 0.2) is 23.2 Å². The highest BCUT2D eigenvalue weighted by atomic mass is 127. The van der Waals surface area contributed by atoms with Gasteiger partial charge in [-0.1, -0.05) is 23.8 Å². The van der Waals surface area contributed by atoms with E-state index in [-0.39, 0.29) is 30.1 Å². The molecule has 2 fully saturated rings. The van der Waals surface area contributed by atoms with Crippen LogP contribution in [0.5, 0.6) is 0 Å². The molecule has 2 saturated heterocycles. The average Bonchev–Trinajstić information content (AvgIpc) is 2.69. The summed E-state index contributed by atoms with van der Waals surface area (Å²) < 4.78 is 6.10. The molecule has 0 radical (unpaired) electrons. The molecule has 2 aliphatic heterocycles. The smallest absolute Gasteiger partial charge is 0.193 e. The number of aliphatic imine (C=N–C) groups is 1. The third-order valence-corrected chi connectivity index (χ3v) is 6.07. The van der Waals surface area contributed by atoms with Crippen molar-refractivity contribution in [2.45, 2.75) is 32.9 Å². The summed E-state index contributed by atoms with van der Waals surface area (Å²) in [6.07, 6.45) is 0.1000.